The average Bonchev–Trinajstić information content (AvgIpc) is 3.41. The van der Waals surface area contributed by atoms with Crippen LogP contribution < -0.4 is 0 Å². The Bertz CT molecular complexity index is 1550. The van der Waals surface area contributed by atoms with Gasteiger partial charge in [-0.15, -0.1) is 20.4 Å². The maximum Gasteiger partial charge on any atom is 0.163 e. The summed E-state index contributed by atoms with van der Waals surface area (Å²) in [6.07, 6.45) is 0. The van der Waals surface area contributed by atoms with Crippen LogP contribution in [-0.4, -0.2) is 45.6 Å². The number of nitrogens with zero attached hydrogens (tertiary/aromatic N) is 4. The lowest BCUT2D eigenvalue weighted by molar-refractivity contribution is 0.591. The van der Waals surface area contributed by atoms with E-state index in [9.17, 15) is 25.3 Å². The second-order valence-electron chi connectivity index (χ2n) is 8.25. The highest BCUT2D eigenvalue weighted by Gasteiger charge is 2.23. The quantitative estimate of drug-likeness (QED) is 0.238. The highest BCUT2D eigenvalue weighted by Crippen LogP contribution is 2.22. The van der Waals surface area contributed by atoms with Crippen LogP contribution in [0.1, 0.15) is 31.2 Å². The van der Waals surface area contributed by atoms with Crippen LogP contribution in [0.3, 0.4) is 0 Å². The van der Waals surface area contributed by atoms with Gasteiger partial charge in [-0.3, -0.25) is 0 Å². The molecular weight excluding hydrogens is 577 g/mol. The molecular formula is C22H22N4O6S5. The first-order valence-electron chi connectivity index (χ1n) is 10.8. The third kappa shape index (κ3) is 8.74. The minimum Gasteiger partial charge on any atom is -0.228 e. The Morgan fingerprint density at radius 1 is 0.432 bits per heavy atom. The summed E-state index contributed by atoms with van der Waals surface area (Å²) >= 11 is 1.86. The predicted molar refractivity (Wildman–Crippen MR) is 142 cm³/mol. The maximum atomic E-state index is 12.7. The van der Waals surface area contributed by atoms with E-state index in [1.54, 1.807) is 60.7 Å². The summed E-state index contributed by atoms with van der Waals surface area (Å²) in [4.78, 5) is 0. The molecule has 196 valence electrons. The van der Waals surface area contributed by atoms with Crippen LogP contribution in [0.2, 0.25) is 0 Å². The number of hydrogen-bond donors (Lipinski definition) is 0. The first-order chi connectivity index (χ1) is 17.5. The van der Waals surface area contributed by atoms with Crippen LogP contribution in [0.15, 0.2) is 60.7 Å². The van der Waals surface area contributed by atoms with Gasteiger partial charge in [0.15, 0.2) is 29.5 Å². The molecule has 0 aliphatic rings. The molecule has 0 saturated heterocycles. The molecule has 0 amide bonds. The lowest BCUT2D eigenvalue weighted by Crippen LogP contribution is -2.07. The Labute approximate surface area is 223 Å². The van der Waals surface area contributed by atoms with Crippen molar-refractivity contribution in [3.05, 3.63) is 91.8 Å². The molecule has 0 aliphatic heterocycles. The molecule has 0 saturated carbocycles. The van der Waals surface area contributed by atoms with E-state index < -0.39 is 41.0 Å². The molecule has 0 bridgehead atoms. The number of benzene rings is 2. The Hall–Kier alpha value is -2.59. The highest BCUT2D eigenvalue weighted by atomic mass is 32.2. The van der Waals surface area contributed by atoms with Crippen molar-refractivity contribution in [3.8, 4) is 0 Å². The molecule has 0 fully saturated rings. The molecule has 15 heteroatoms. The zero-order valence-corrected chi connectivity index (χ0v) is 23.4. The third-order valence-corrected chi connectivity index (χ3v) is 11.8. The van der Waals surface area contributed by atoms with Crippen molar-refractivity contribution < 1.29 is 25.3 Å². The van der Waals surface area contributed by atoms with Gasteiger partial charge in [0.2, 0.25) is 0 Å². The second kappa shape index (κ2) is 11.4. The SMILES string of the molecule is O=S(=O)(Cc1ccccc1)Cc1nnc(CS(=O)(=O)Cc2nnc(CS(=O)(=O)Cc3ccccc3)s2)s1. The summed E-state index contributed by atoms with van der Waals surface area (Å²) in [6.45, 7) is 0. The van der Waals surface area contributed by atoms with Gasteiger partial charge in [-0.25, -0.2) is 25.3 Å². The molecule has 2 aromatic carbocycles. The number of hydrogen-bond acceptors (Lipinski definition) is 12. The molecule has 0 atom stereocenters. The van der Waals surface area contributed by atoms with Crippen molar-refractivity contribution in [1.82, 2.24) is 20.4 Å². The number of aromatic nitrogens is 4. The smallest absolute Gasteiger partial charge is 0.163 e. The fourth-order valence-electron chi connectivity index (χ4n) is 3.37. The fraction of sp³-hybridized carbons (Fsp3) is 0.273. The van der Waals surface area contributed by atoms with Crippen LogP contribution in [0, 0.1) is 0 Å². The normalized spacial score (nSPS) is 12.5. The van der Waals surface area contributed by atoms with Gasteiger partial charge in [-0.1, -0.05) is 83.3 Å². The van der Waals surface area contributed by atoms with Crippen molar-refractivity contribution in [2.24, 2.45) is 0 Å². The molecule has 4 aromatic rings. The fourth-order valence-corrected chi connectivity index (χ4v) is 10.8. The van der Waals surface area contributed by atoms with Crippen LogP contribution >= 0.6 is 22.7 Å². The molecule has 4 rings (SSSR count). The lowest BCUT2D eigenvalue weighted by Gasteiger charge is -2.02. The Morgan fingerprint density at radius 2 is 0.703 bits per heavy atom. The van der Waals surface area contributed by atoms with Crippen LogP contribution in [0.25, 0.3) is 0 Å². The molecule has 10 nitrogen and oxygen atoms in total. The van der Waals surface area contributed by atoms with E-state index in [1.165, 1.54) is 0 Å². The molecule has 2 heterocycles. The van der Waals surface area contributed by atoms with E-state index >= 15 is 0 Å². The van der Waals surface area contributed by atoms with Gasteiger partial charge in [0.25, 0.3) is 0 Å². The Balaban J connectivity index is 1.34. The van der Waals surface area contributed by atoms with E-state index in [-0.39, 0.29) is 43.0 Å². The van der Waals surface area contributed by atoms with Gasteiger partial charge in [-0.05, 0) is 11.1 Å². The standard InChI is InChI=1S/C22H22N4O6S5/c27-35(28,11-17-7-3-1-4-8-17)13-19-23-25-21(33-19)15-37(31,32)16-22-26-24-20(34-22)14-36(29,30)12-18-9-5-2-6-10-18/h1-10H,11-16H2. The molecule has 0 spiro atoms. The van der Waals surface area contributed by atoms with Crippen molar-refractivity contribution in [3.63, 3.8) is 0 Å². The van der Waals surface area contributed by atoms with E-state index in [2.05, 4.69) is 20.4 Å². The maximum absolute atomic E-state index is 12.7. The molecule has 0 radical (unpaired) electrons. The Morgan fingerprint density at radius 3 is 1.00 bits per heavy atom. The zero-order chi connectivity index (χ0) is 26.5. The van der Waals surface area contributed by atoms with Crippen LogP contribution in [0.4, 0.5) is 0 Å². The van der Waals surface area contributed by atoms with Crippen molar-refractivity contribution in [1.29, 1.82) is 0 Å². The summed E-state index contributed by atoms with van der Waals surface area (Å²) in [7, 11) is -10.7. The highest BCUT2D eigenvalue weighted by molar-refractivity contribution is 7.90. The van der Waals surface area contributed by atoms with Crippen LogP contribution in [-0.2, 0) is 64.0 Å². The first-order valence-corrected chi connectivity index (χ1v) is 17.9. The summed E-state index contributed by atoms with van der Waals surface area (Å²) in [5, 5.41) is 16.1. The molecule has 37 heavy (non-hydrogen) atoms. The summed E-state index contributed by atoms with van der Waals surface area (Å²) in [5.41, 5.74) is 1.30. The van der Waals surface area contributed by atoms with E-state index in [0.717, 1.165) is 22.7 Å². The van der Waals surface area contributed by atoms with E-state index in [4.69, 9.17) is 0 Å². The summed E-state index contributed by atoms with van der Waals surface area (Å²) in [5.74, 6) is -1.86. The molecule has 0 aliphatic carbocycles. The largest absolute Gasteiger partial charge is 0.228 e. The van der Waals surface area contributed by atoms with Crippen molar-refractivity contribution in [2.45, 2.75) is 34.5 Å². The van der Waals surface area contributed by atoms with Gasteiger partial charge in [0.1, 0.15) is 43.0 Å². The first kappa shape index (κ1) is 27.4. The van der Waals surface area contributed by atoms with Gasteiger partial charge >= 0.3 is 0 Å². The van der Waals surface area contributed by atoms with Crippen molar-refractivity contribution in [2.75, 3.05) is 0 Å². The molecule has 2 aromatic heterocycles. The average molecular weight is 599 g/mol. The topological polar surface area (TPSA) is 154 Å². The summed E-state index contributed by atoms with van der Waals surface area (Å²) < 4.78 is 75.3. The number of rotatable bonds is 12. The summed E-state index contributed by atoms with van der Waals surface area (Å²) in [6, 6.07) is 17.5. The third-order valence-electron chi connectivity index (χ3n) is 4.85. The van der Waals surface area contributed by atoms with Gasteiger partial charge < -0.3 is 0 Å². The van der Waals surface area contributed by atoms with E-state index in [0.29, 0.717) is 11.1 Å². The minimum atomic E-state index is -3.73. The molecule has 0 N–H and O–H groups in total. The van der Waals surface area contributed by atoms with Gasteiger partial charge in [-0.2, -0.15) is 0 Å². The molecule has 0 unspecified atom stereocenters. The van der Waals surface area contributed by atoms with Crippen molar-refractivity contribution >= 4 is 52.2 Å². The Kier molecular flexibility index (Phi) is 8.48. The van der Waals surface area contributed by atoms with Crippen LogP contribution in [0.5, 0.6) is 0 Å². The number of sulfone groups is 3. The van der Waals surface area contributed by atoms with Gasteiger partial charge in [0.05, 0.1) is 11.5 Å². The lowest BCUT2D eigenvalue weighted by atomic mass is 10.2. The second-order valence-corrected chi connectivity index (χ2v) is 16.7. The van der Waals surface area contributed by atoms with E-state index in [1.807, 2.05) is 0 Å². The predicted octanol–water partition coefficient (Wildman–Crippen LogP) is 2.73. The van der Waals surface area contributed by atoms with Gasteiger partial charge in [0, 0.05) is 0 Å². The monoisotopic (exact) mass is 598 g/mol. The minimum absolute atomic E-state index is 0.151. The zero-order valence-electron chi connectivity index (χ0n) is 19.3.